The minimum Gasteiger partial charge on any atom is -0.464 e. The Bertz CT molecular complexity index is 970. The van der Waals surface area contributed by atoms with Gasteiger partial charge in [0.1, 0.15) is 17.2 Å². The molecule has 2 aliphatic heterocycles. The lowest BCUT2D eigenvalue weighted by molar-refractivity contribution is 0.122. The molecule has 1 atom stereocenters. The Morgan fingerprint density at radius 2 is 1.90 bits per heavy atom. The first-order valence-electron chi connectivity index (χ1n) is 10.3. The number of furan rings is 1. The zero-order chi connectivity index (χ0) is 19.6. The quantitative estimate of drug-likeness (QED) is 0.669. The molecule has 8 heteroatoms. The summed E-state index contributed by atoms with van der Waals surface area (Å²) in [5.41, 5.74) is 0.886. The SMILES string of the molecule is CN(c1ccnc(N2CCOCC2)n1)C1CCCN(c2nccc3occc23)C1. The van der Waals surface area contributed by atoms with Gasteiger partial charge < -0.3 is 23.9 Å². The number of rotatable bonds is 4. The first-order chi connectivity index (χ1) is 14.3. The molecule has 0 aromatic carbocycles. The van der Waals surface area contributed by atoms with Crippen molar-refractivity contribution in [3.63, 3.8) is 0 Å². The lowest BCUT2D eigenvalue weighted by Crippen LogP contribution is -2.47. The third-order valence-corrected chi connectivity index (χ3v) is 5.89. The Morgan fingerprint density at radius 1 is 1.03 bits per heavy atom. The number of anilines is 3. The number of piperidine rings is 1. The van der Waals surface area contributed by atoms with Gasteiger partial charge >= 0.3 is 0 Å². The van der Waals surface area contributed by atoms with E-state index >= 15 is 0 Å². The maximum Gasteiger partial charge on any atom is 0.227 e. The number of hydrogen-bond donors (Lipinski definition) is 0. The molecule has 152 valence electrons. The van der Waals surface area contributed by atoms with E-state index in [0.29, 0.717) is 6.04 Å². The molecule has 3 aromatic heterocycles. The standard InChI is InChI=1S/C21H26N6O2/c1-25(19-5-8-23-21(24-19)26-10-13-28-14-11-26)16-3-2-9-27(15-16)20-17-6-12-29-18(17)4-7-22-20/h4-8,12,16H,2-3,9-11,13-15H2,1H3. The summed E-state index contributed by atoms with van der Waals surface area (Å²) in [6.45, 7) is 5.05. The molecule has 2 fully saturated rings. The predicted molar refractivity (Wildman–Crippen MR) is 113 cm³/mol. The maximum absolute atomic E-state index is 5.56. The topological polar surface area (TPSA) is 70.8 Å². The summed E-state index contributed by atoms with van der Waals surface area (Å²) in [5, 5.41) is 1.08. The highest BCUT2D eigenvalue weighted by Crippen LogP contribution is 2.29. The summed E-state index contributed by atoms with van der Waals surface area (Å²) < 4.78 is 11.0. The second-order valence-corrected chi connectivity index (χ2v) is 7.63. The molecule has 0 amide bonds. The Morgan fingerprint density at radius 3 is 2.79 bits per heavy atom. The first-order valence-corrected chi connectivity index (χ1v) is 10.3. The van der Waals surface area contributed by atoms with Crippen molar-refractivity contribution >= 4 is 28.6 Å². The fourth-order valence-corrected chi connectivity index (χ4v) is 4.23. The van der Waals surface area contributed by atoms with Crippen LogP contribution in [0.3, 0.4) is 0 Å². The van der Waals surface area contributed by atoms with Gasteiger partial charge in [-0.25, -0.2) is 9.97 Å². The van der Waals surface area contributed by atoms with Crippen LogP contribution in [-0.4, -0.2) is 67.4 Å². The van der Waals surface area contributed by atoms with Gasteiger partial charge in [-0.15, -0.1) is 0 Å². The average Bonchev–Trinajstić information content (AvgIpc) is 3.28. The average molecular weight is 394 g/mol. The number of pyridine rings is 1. The van der Waals surface area contributed by atoms with Crippen molar-refractivity contribution < 1.29 is 9.15 Å². The molecule has 3 aromatic rings. The van der Waals surface area contributed by atoms with Crippen LogP contribution in [0.4, 0.5) is 17.6 Å². The van der Waals surface area contributed by atoms with Crippen molar-refractivity contribution in [2.24, 2.45) is 0 Å². The molecule has 5 heterocycles. The summed E-state index contributed by atoms with van der Waals surface area (Å²) >= 11 is 0. The number of aromatic nitrogens is 3. The van der Waals surface area contributed by atoms with Crippen LogP contribution in [0.1, 0.15) is 12.8 Å². The Balaban J connectivity index is 1.35. The monoisotopic (exact) mass is 394 g/mol. The number of nitrogens with zero attached hydrogens (tertiary/aromatic N) is 6. The molecule has 0 bridgehead atoms. The molecule has 2 aliphatic rings. The molecular weight excluding hydrogens is 368 g/mol. The number of morpholine rings is 1. The van der Waals surface area contributed by atoms with Crippen LogP contribution >= 0.6 is 0 Å². The minimum atomic E-state index is 0.361. The Kier molecular flexibility index (Phi) is 4.93. The third kappa shape index (κ3) is 3.60. The number of hydrogen-bond acceptors (Lipinski definition) is 8. The Hall–Kier alpha value is -2.87. The fraction of sp³-hybridized carbons (Fsp3) is 0.476. The van der Waals surface area contributed by atoms with Gasteiger partial charge in [-0.3, -0.25) is 0 Å². The lowest BCUT2D eigenvalue weighted by atomic mass is 10.0. The molecule has 1 unspecified atom stereocenters. The van der Waals surface area contributed by atoms with Crippen molar-refractivity contribution in [2.45, 2.75) is 18.9 Å². The van der Waals surface area contributed by atoms with E-state index in [-0.39, 0.29) is 0 Å². The normalized spacial score (nSPS) is 20.2. The van der Waals surface area contributed by atoms with Gasteiger partial charge in [-0.05, 0) is 31.0 Å². The van der Waals surface area contributed by atoms with E-state index < -0.39 is 0 Å². The molecule has 0 saturated carbocycles. The van der Waals surface area contributed by atoms with Gasteiger partial charge in [-0.1, -0.05) is 0 Å². The van der Waals surface area contributed by atoms with E-state index in [0.717, 1.165) is 80.8 Å². The van der Waals surface area contributed by atoms with Gasteiger partial charge in [0, 0.05) is 51.7 Å². The highest BCUT2D eigenvalue weighted by molar-refractivity contribution is 5.88. The molecule has 0 N–H and O–H groups in total. The largest absolute Gasteiger partial charge is 0.464 e. The van der Waals surface area contributed by atoms with E-state index in [2.05, 4.69) is 31.7 Å². The van der Waals surface area contributed by atoms with E-state index in [9.17, 15) is 0 Å². The van der Waals surface area contributed by atoms with E-state index in [1.54, 1.807) is 6.26 Å². The Labute approximate surface area is 170 Å². The molecule has 5 rings (SSSR count). The van der Waals surface area contributed by atoms with Crippen molar-refractivity contribution in [1.29, 1.82) is 0 Å². The number of likely N-dealkylation sites (N-methyl/N-ethyl adjacent to an activating group) is 1. The van der Waals surface area contributed by atoms with Gasteiger partial charge in [0.15, 0.2) is 0 Å². The van der Waals surface area contributed by atoms with E-state index in [1.807, 2.05) is 30.6 Å². The molecule has 0 radical (unpaired) electrons. The molecule has 2 saturated heterocycles. The highest BCUT2D eigenvalue weighted by atomic mass is 16.5. The molecule has 0 spiro atoms. The zero-order valence-corrected chi connectivity index (χ0v) is 16.7. The van der Waals surface area contributed by atoms with Gasteiger partial charge in [0.2, 0.25) is 5.95 Å². The third-order valence-electron chi connectivity index (χ3n) is 5.89. The van der Waals surface area contributed by atoms with Gasteiger partial charge in [0.05, 0.1) is 24.9 Å². The second kappa shape index (κ2) is 7.87. The van der Waals surface area contributed by atoms with Crippen LogP contribution in [0.2, 0.25) is 0 Å². The first kappa shape index (κ1) is 18.2. The molecule has 0 aliphatic carbocycles. The summed E-state index contributed by atoms with van der Waals surface area (Å²) in [7, 11) is 2.13. The maximum atomic E-state index is 5.56. The van der Waals surface area contributed by atoms with Crippen LogP contribution in [0.15, 0.2) is 41.3 Å². The van der Waals surface area contributed by atoms with Crippen molar-refractivity contribution in [1.82, 2.24) is 15.0 Å². The number of fused-ring (bicyclic) bond motifs is 1. The second-order valence-electron chi connectivity index (χ2n) is 7.63. The van der Waals surface area contributed by atoms with Crippen LogP contribution in [0, 0.1) is 0 Å². The van der Waals surface area contributed by atoms with Crippen molar-refractivity contribution in [3.05, 3.63) is 36.9 Å². The van der Waals surface area contributed by atoms with Crippen molar-refractivity contribution in [3.8, 4) is 0 Å². The minimum absolute atomic E-state index is 0.361. The van der Waals surface area contributed by atoms with Crippen molar-refractivity contribution in [2.75, 3.05) is 61.1 Å². The highest BCUT2D eigenvalue weighted by Gasteiger charge is 2.26. The fourth-order valence-electron chi connectivity index (χ4n) is 4.23. The van der Waals surface area contributed by atoms with Gasteiger partial charge in [0.25, 0.3) is 0 Å². The van der Waals surface area contributed by atoms with E-state index in [1.165, 1.54) is 0 Å². The summed E-state index contributed by atoms with van der Waals surface area (Å²) in [5.74, 6) is 2.75. The zero-order valence-electron chi connectivity index (χ0n) is 16.7. The lowest BCUT2D eigenvalue weighted by Gasteiger charge is -2.39. The summed E-state index contributed by atoms with van der Waals surface area (Å²) in [6.07, 6.45) is 7.67. The van der Waals surface area contributed by atoms with Crippen LogP contribution in [-0.2, 0) is 4.74 Å². The number of ether oxygens (including phenoxy) is 1. The molecule has 29 heavy (non-hydrogen) atoms. The smallest absolute Gasteiger partial charge is 0.227 e. The molecular formula is C21H26N6O2. The van der Waals surface area contributed by atoms with Crippen LogP contribution < -0.4 is 14.7 Å². The van der Waals surface area contributed by atoms with Crippen LogP contribution in [0.25, 0.3) is 11.0 Å². The van der Waals surface area contributed by atoms with E-state index in [4.69, 9.17) is 14.1 Å². The van der Waals surface area contributed by atoms with Crippen LogP contribution in [0.5, 0.6) is 0 Å². The predicted octanol–water partition coefficient (Wildman–Crippen LogP) is 2.56. The summed E-state index contributed by atoms with van der Waals surface area (Å²) in [4.78, 5) is 20.8. The van der Waals surface area contributed by atoms with Gasteiger partial charge in [-0.2, -0.15) is 4.98 Å². The molecule has 8 nitrogen and oxygen atoms in total. The summed E-state index contributed by atoms with van der Waals surface area (Å²) in [6, 6.07) is 6.28.